The molecule has 7 nitrogen and oxygen atoms in total. The molecule has 0 spiro atoms. The van der Waals surface area contributed by atoms with Crippen LogP contribution in [0.15, 0.2) is 47.5 Å². The number of amides is 1. The van der Waals surface area contributed by atoms with Crippen LogP contribution in [0.1, 0.15) is 18.1 Å². The summed E-state index contributed by atoms with van der Waals surface area (Å²) in [7, 11) is 4.98. The fraction of sp³-hybridized carbons (Fsp3) is 0.333. The summed E-state index contributed by atoms with van der Waals surface area (Å²) in [4.78, 5) is 15.6. The Morgan fingerprint density at radius 1 is 1.03 bits per heavy atom. The second-order valence-electron chi connectivity index (χ2n) is 6.13. The topological polar surface area (TPSA) is 84.0 Å². The first kappa shape index (κ1) is 24.5. The van der Waals surface area contributed by atoms with E-state index in [0.717, 1.165) is 29.8 Å². The van der Waals surface area contributed by atoms with Crippen molar-refractivity contribution in [2.24, 2.45) is 4.99 Å². The summed E-state index contributed by atoms with van der Waals surface area (Å²) >= 11 is 0. The van der Waals surface area contributed by atoms with Gasteiger partial charge in [-0.05, 0) is 35.7 Å². The molecule has 0 radical (unpaired) electrons. The van der Waals surface area contributed by atoms with E-state index < -0.39 is 0 Å². The summed E-state index contributed by atoms with van der Waals surface area (Å²) in [5.41, 5.74) is 2.79. The van der Waals surface area contributed by atoms with Crippen LogP contribution in [-0.4, -0.2) is 39.7 Å². The molecule has 0 aliphatic rings. The maximum atomic E-state index is 11.4. The van der Waals surface area contributed by atoms with E-state index in [1.165, 1.54) is 6.92 Å². The third-order valence-corrected chi connectivity index (χ3v) is 4.14. The number of nitrogens with zero attached hydrogens (tertiary/aromatic N) is 1. The molecule has 0 atom stereocenters. The molecule has 2 aromatic rings. The molecule has 0 saturated heterocycles. The highest BCUT2D eigenvalue weighted by Crippen LogP contribution is 2.25. The van der Waals surface area contributed by atoms with Gasteiger partial charge in [0.2, 0.25) is 5.91 Å². The Hall–Kier alpha value is -2.49. The van der Waals surface area contributed by atoms with Crippen LogP contribution >= 0.6 is 24.0 Å². The first-order valence-corrected chi connectivity index (χ1v) is 9.08. The number of guanidine groups is 1. The van der Waals surface area contributed by atoms with Crippen molar-refractivity contribution in [1.82, 2.24) is 10.6 Å². The van der Waals surface area contributed by atoms with Crippen LogP contribution in [0.5, 0.6) is 11.5 Å². The zero-order chi connectivity index (χ0) is 20.4. The van der Waals surface area contributed by atoms with Crippen molar-refractivity contribution in [3.63, 3.8) is 0 Å². The quantitative estimate of drug-likeness (QED) is 0.288. The van der Waals surface area contributed by atoms with E-state index in [0.29, 0.717) is 23.9 Å². The van der Waals surface area contributed by atoms with E-state index >= 15 is 0 Å². The second kappa shape index (κ2) is 12.9. The minimum atomic E-state index is -0.141. The number of benzene rings is 2. The van der Waals surface area contributed by atoms with Crippen molar-refractivity contribution in [3.05, 3.63) is 53.6 Å². The van der Waals surface area contributed by atoms with Crippen LogP contribution in [0.4, 0.5) is 5.69 Å². The largest absolute Gasteiger partial charge is 0.496 e. The minimum Gasteiger partial charge on any atom is -0.496 e. The predicted octanol–water partition coefficient (Wildman–Crippen LogP) is 3.19. The normalized spacial score (nSPS) is 10.6. The van der Waals surface area contributed by atoms with Gasteiger partial charge in [0.1, 0.15) is 11.5 Å². The zero-order valence-corrected chi connectivity index (χ0v) is 19.6. The van der Waals surface area contributed by atoms with Crippen LogP contribution in [0.2, 0.25) is 0 Å². The van der Waals surface area contributed by atoms with E-state index in [4.69, 9.17) is 9.47 Å². The van der Waals surface area contributed by atoms with E-state index in [1.807, 2.05) is 36.4 Å². The van der Waals surface area contributed by atoms with Crippen molar-refractivity contribution in [2.45, 2.75) is 19.9 Å². The van der Waals surface area contributed by atoms with Crippen molar-refractivity contribution in [2.75, 3.05) is 33.1 Å². The van der Waals surface area contributed by atoms with Crippen LogP contribution in [0.3, 0.4) is 0 Å². The second-order valence-corrected chi connectivity index (χ2v) is 6.13. The number of carbonyl (C=O) groups is 1. The number of aliphatic imine (C=N–C) groups is 1. The van der Waals surface area contributed by atoms with Gasteiger partial charge in [0.25, 0.3) is 0 Å². The van der Waals surface area contributed by atoms with Gasteiger partial charge in [-0.1, -0.05) is 24.3 Å². The van der Waals surface area contributed by atoms with Crippen LogP contribution < -0.4 is 25.4 Å². The molecule has 3 N–H and O–H groups in total. The minimum absolute atomic E-state index is 0. The van der Waals surface area contributed by atoms with Gasteiger partial charge >= 0.3 is 0 Å². The van der Waals surface area contributed by atoms with Crippen molar-refractivity contribution in [3.8, 4) is 11.5 Å². The number of anilines is 1. The molecular formula is C21H29IN4O3. The monoisotopic (exact) mass is 512 g/mol. The summed E-state index contributed by atoms with van der Waals surface area (Å²) in [6, 6.07) is 13.6. The maximum Gasteiger partial charge on any atom is 0.221 e. The lowest BCUT2D eigenvalue weighted by Crippen LogP contribution is -2.37. The Labute approximate surface area is 189 Å². The van der Waals surface area contributed by atoms with Gasteiger partial charge < -0.3 is 25.4 Å². The van der Waals surface area contributed by atoms with Crippen molar-refractivity contribution < 1.29 is 14.3 Å². The first-order chi connectivity index (χ1) is 13.6. The molecule has 2 aromatic carbocycles. The number of hydrogen-bond acceptors (Lipinski definition) is 4. The lowest BCUT2D eigenvalue weighted by molar-refractivity contribution is -0.114. The maximum absolute atomic E-state index is 11.4. The molecule has 0 fully saturated rings. The molecule has 158 valence electrons. The summed E-state index contributed by atoms with van der Waals surface area (Å²) in [5, 5.41) is 9.35. The molecule has 0 aromatic heterocycles. The Kier molecular flexibility index (Phi) is 10.9. The zero-order valence-electron chi connectivity index (χ0n) is 17.2. The molecule has 0 saturated carbocycles. The van der Waals surface area contributed by atoms with Gasteiger partial charge in [0.05, 0.1) is 19.9 Å². The fourth-order valence-corrected chi connectivity index (χ4v) is 2.78. The molecule has 8 heteroatoms. The number of rotatable bonds is 8. The van der Waals surface area contributed by atoms with E-state index in [1.54, 1.807) is 21.3 Å². The summed E-state index contributed by atoms with van der Waals surface area (Å²) < 4.78 is 10.7. The molecule has 0 unspecified atom stereocenters. The smallest absolute Gasteiger partial charge is 0.221 e. The van der Waals surface area contributed by atoms with E-state index in [9.17, 15) is 4.79 Å². The average molecular weight is 512 g/mol. The molecule has 0 heterocycles. The standard InChI is InChI=1S/C21H28N4O3.HI/c1-15(26)25-18-13-16(9-10-20(18)28-4)14-24-21(22-2)23-12-11-17-7-5-6-8-19(17)27-3;/h5-10,13H,11-12,14H2,1-4H3,(H,25,26)(H2,22,23,24);1H. The Morgan fingerprint density at radius 3 is 2.41 bits per heavy atom. The number of carbonyl (C=O) groups excluding carboxylic acids is 1. The summed E-state index contributed by atoms with van der Waals surface area (Å²) in [5.74, 6) is 2.07. The Morgan fingerprint density at radius 2 is 1.76 bits per heavy atom. The average Bonchev–Trinajstić information content (AvgIpc) is 2.70. The lowest BCUT2D eigenvalue weighted by atomic mass is 10.1. The molecule has 0 bridgehead atoms. The first-order valence-electron chi connectivity index (χ1n) is 9.08. The van der Waals surface area contributed by atoms with Gasteiger partial charge in [-0.15, -0.1) is 24.0 Å². The molecule has 2 rings (SSSR count). The van der Waals surface area contributed by atoms with Crippen LogP contribution in [-0.2, 0) is 17.8 Å². The highest BCUT2D eigenvalue weighted by Gasteiger charge is 2.07. The van der Waals surface area contributed by atoms with E-state index in [2.05, 4.69) is 27.0 Å². The number of para-hydroxylation sites is 1. The fourth-order valence-electron chi connectivity index (χ4n) is 2.78. The third-order valence-electron chi connectivity index (χ3n) is 4.14. The summed E-state index contributed by atoms with van der Waals surface area (Å²) in [6.07, 6.45) is 0.819. The number of hydrogen-bond donors (Lipinski definition) is 3. The van der Waals surface area contributed by atoms with E-state index in [-0.39, 0.29) is 29.9 Å². The lowest BCUT2D eigenvalue weighted by Gasteiger charge is -2.14. The van der Waals surface area contributed by atoms with Crippen LogP contribution in [0.25, 0.3) is 0 Å². The number of nitrogens with one attached hydrogen (secondary N) is 3. The van der Waals surface area contributed by atoms with Crippen molar-refractivity contribution >= 4 is 41.5 Å². The SMILES string of the molecule is CN=C(NCCc1ccccc1OC)NCc1ccc(OC)c(NC(C)=O)c1.I. The molecule has 29 heavy (non-hydrogen) atoms. The molecule has 0 aliphatic carbocycles. The molecular weight excluding hydrogens is 483 g/mol. The van der Waals surface area contributed by atoms with Gasteiger partial charge in [-0.2, -0.15) is 0 Å². The number of ether oxygens (including phenoxy) is 2. The third kappa shape index (κ3) is 7.80. The Balaban J connectivity index is 0.00000420. The van der Waals surface area contributed by atoms with Gasteiger partial charge in [-0.25, -0.2) is 0 Å². The molecule has 0 aliphatic heterocycles. The number of methoxy groups -OCH3 is 2. The Bertz CT molecular complexity index is 827. The van der Waals surface area contributed by atoms with Gasteiger partial charge in [-0.3, -0.25) is 9.79 Å². The van der Waals surface area contributed by atoms with Gasteiger partial charge in [0.15, 0.2) is 5.96 Å². The van der Waals surface area contributed by atoms with Crippen LogP contribution in [0, 0.1) is 0 Å². The highest BCUT2D eigenvalue weighted by molar-refractivity contribution is 14.0. The number of halogens is 1. The summed E-state index contributed by atoms with van der Waals surface area (Å²) in [6.45, 7) is 2.75. The van der Waals surface area contributed by atoms with Crippen molar-refractivity contribution in [1.29, 1.82) is 0 Å². The highest BCUT2D eigenvalue weighted by atomic mass is 127. The molecule has 1 amide bonds. The predicted molar refractivity (Wildman–Crippen MR) is 128 cm³/mol. The van der Waals surface area contributed by atoms with Gasteiger partial charge in [0, 0.05) is 27.1 Å².